The fourth-order valence-corrected chi connectivity index (χ4v) is 3.36. The quantitative estimate of drug-likeness (QED) is 0.941. The summed E-state index contributed by atoms with van der Waals surface area (Å²) in [5.74, 6) is 0.722. The van der Waals surface area contributed by atoms with Gasteiger partial charge in [-0.2, -0.15) is 5.10 Å². The van der Waals surface area contributed by atoms with Crippen LogP contribution < -0.4 is 4.74 Å². The Balaban J connectivity index is 1.82. The van der Waals surface area contributed by atoms with Crippen LogP contribution in [0.4, 0.5) is 0 Å². The molecule has 23 heavy (non-hydrogen) atoms. The number of hydrogen-bond donors (Lipinski definition) is 1. The maximum atomic E-state index is 9.77. The zero-order valence-electron chi connectivity index (χ0n) is 13.9. The summed E-state index contributed by atoms with van der Waals surface area (Å²) >= 11 is 0. The first-order valence-corrected chi connectivity index (χ1v) is 8.27. The molecule has 1 aliphatic rings. The molecule has 1 aromatic carbocycles. The minimum atomic E-state index is 0.188. The van der Waals surface area contributed by atoms with E-state index in [0.717, 1.165) is 30.8 Å². The second kappa shape index (κ2) is 7.04. The highest BCUT2D eigenvalue weighted by Gasteiger charge is 2.24. The van der Waals surface area contributed by atoms with Crippen LogP contribution in [-0.2, 0) is 13.6 Å². The van der Waals surface area contributed by atoms with Gasteiger partial charge in [-0.3, -0.25) is 9.58 Å². The van der Waals surface area contributed by atoms with Gasteiger partial charge in [-0.25, -0.2) is 0 Å². The molecule has 1 aromatic heterocycles. The van der Waals surface area contributed by atoms with Crippen LogP contribution in [0.1, 0.15) is 43.0 Å². The van der Waals surface area contributed by atoms with Crippen LogP contribution in [0, 0.1) is 0 Å². The SMILES string of the molecule is COc1cc(CN2CCCCCC2c2ccn(C)n2)ccc1O. The van der Waals surface area contributed by atoms with Crippen molar-refractivity contribution in [2.45, 2.75) is 38.3 Å². The third-order valence-electron chi connectivity index (χ3n) is 4.57. The Morgan fingerprint density at radius 2 is 2.13 bits per heavy atom. The van der Waals surface area contributed by atoms with E-state index >= 15 is 0 Å². The van der Waals surface area contributed by atoms with Gasteiger partial charge < -0.3 is 9.84 Å². The van der Waals surface area contributed by atoms with Gasteiger partial charge in [0.2, 0.25) is 0 Å². The van der Waals surface area contributed by atoms with Gasteiger partial charge in [0.25, 0.3) is 0 Å². The molecule has 124 valence electrons. The highest BCUT2D eigenvalue weighted by molar-refractivity contribution is 5.41. The fraction of sp³-hybridized carbons (Fsp3) is 0.500. The van der Waals surface area contributed by atoms with Gasteiger partial charge in [0.1, 0.15) is 0 Å². The van der Waals surface area contributed by atoms with Crippen molar-refractivity contribution in [2.75, 3.05) is 13.7 Å². The molecule has 1 unspecified atom stereocenters. The number of rotatable bonds is 4. The first-order valence-electron chi connectivity index (χ1n) is 8.27. The summed E-state index contributed by atoms with van der Waals surface area (Å²) in [6.45, 7) is 1.92. The number of hydrogen-bond acceptors (Lipinski definition) is 4. The van der Waals surface area contributed by atoms with E-state index in [-0.39, 0.29) is 5.75 Å². The average molecular weight is 315 g/mol. The number of likely N-dealkylation sites (tertiary alicyclic amines) is 1. The van der Waals surface area contributed by atoms with Gasteiger partial charge in [0.05, 0.1) is 18.8 Å². The van der Waals surface area contributed by atoms with Crippen LogP contribution in [0.25, 0.3) is 0 Å². The maximum absolute atomic E-state index is 9.77. The first-order chi connectivity index (χ1) is 11.2. The van der Waals surface area contributed by atoms with Crippen LogP contribution in [0.5, 0.6) is 11.5 Å². The molecule has 0 spiro atoms. The van der Waals surface area contributed by atoms with E-state index in [1.165, 1.54) is 19.3 Å². The Hall–Kier alpha value is -2.01. The van der Waals surface area contributed by atoms with Crippen molar-refractivity contribution in [1.82, 2.24) is 14.7 Å². The van der Waals surface area contributed by atoms with E-state index in [1.807, 2.05) is 30.1 Å². The molecule has 0 amide bonds. The minimum Gasteiger partial charge on any atom is -0.504 e. The molecule has 3 rings (SSSR count). The number of aromatic hydroxyl groups is 1. The summed E-state index contributed by atoms with van der Waals surface area (Å²) in [6.07, 6.45) is 6.90. The smallest absolute Gasteiger partial charge is 0.160 e. The molecule has 1 saturated heterocycles. The van der Waals surface area contributed by atoms with Gasteiger partial charge in [0.15, 0.2) is 11.5 Å². The zero-order chi connectivity index (χ0) is 16.2. The van der Waals surface area contributed by atoms with Gasteiger partial charge in [0, 0.05) is 19.8 Å². The van der Waals surface area contributed by atoms with E-state index in [4.69, 9.17) is 4.74 Å². The summed E-state index contributed by atoms with van der Waals surface area (Å²) in [5.41, 5.74) is 2.31. The lowest BCUT2D eigenvalue weighted by Crippen LogP contribution is -2.28. The topological polar surface area (TPSA) is 50.5 Å². The molecular weight excluding hydrogens is 290 g/mol. The molecule has 0 aliphatic carbocycles. The molecule has 5 heteroatoms. The average Bonchev–Trinajstić information content (AvgIpc) is 2.84. The van der Waals surface area contributed by atoms with Crippen LogP contribution >= 0.6 is 0 Å². The first kappa shape index (κ1) is 15.9. The lowest BCUT2D eigenvalue weighted by molar-refractivity contribution is 0.188. The van der Waals surface area contributed by atoms with Crippen molar-refractivity contribution in [3.63, 3.8) is 0 Å². The molecule has 5 nitrogen and oxygen atoms in total. The van der Waals surface area contributed by atoms with Gasteiger partial charge in [-0.05, 0) is 43.1 Å². The molecule has 0 saturated carbocycles. The molecular formula is C18H25N3O2. The van der Waals surface area contributed by atoms with Crippen molar-refractivity contribution in [1.29, 1.82) is 0 Å². The predicted octanol–water partition coefficient (Wildman–Crippen LogP) is 3.25. The van der Waals surface area contributed by atoms with E-state index in [0.29, 0.717) is 11.8 Å². The summed E-state index contributed by atoms with van der Waals surface area (Å²) < 4.78 is 7.11. The third-order valence-corrected chi connectivity index (χ3v) is 4.57. The van der Waals surface area contributed by atoms with Crippen molar-refractivity contribution < 1.29 is 9.84 Å². The second-order valence-corrected chi connectivity index (χ2v) is 6.26. The Labute approximate surface area is 137 Å². The van der Waals surface area contributed by atoms with E-state index in [9.17, 15) is 5.11 Å². The number of ether oxygens (including phenoxy) is 1. The molecule has 2 aromatic rings. The Kier molecular flexibility index (Phi) is 4.86. The van der Waals surface area contributed by atoms with Gasteiger partial charge in [-0.1, -0.05) is 18.9 Å². The van der Waals surface area contributed by atoms with Crippen LogP contribution in [0.2, 0.25) is 0 Å². The van der Waals surface area contributed by atoms with E-state index in [1.54, 1.807) is 13.2 Å². The van der Waals surface area contributed by atoms with Gasteiger partial charge in [-0.15, -0.1) is 0 Å². The monoisotopic (exact) mass is 315 g/mol. The lowest BCUT2D eigenvalue weighted by atomic mass is 10.1. The number of aromatic nitrogens is 2. The van der Waals surface area contributed by atoms with E-state index in [2.05, 4.69) is 16.1 Å². The highest BCUT2D eigenvalue weighted by Crippen LogP contribution is 2.32. The largest absolute Gasteiger partial charge is 0.504 e. The summed E-state index contributed by atoms with van der Waals surface area (Å²) in [5, 5.41) is 14.4. The third kappa shape index (κ3) is 3.67. The summed E-state index contributed by atoms with van der Waals surface area (Å²) in [7, 11) is 3.55. The second-order valence-electron chi connectivity index (χ2n) is 6.26. The Bertz CT molecular complexity index is 653. The molecule has 0 radical (unpaired) electrons. The summed E-state index contributed by atoms with van der Waals surface area (Å²) in [4.78, 5) is 2.50. The molecule has 1 aliphatic heterocycles. The number of benzene rings is 1. The lowest BCUT2D eigenvalue weighted by Gasteiger charge is -2.29. The Morgan fingerprint density at radius 1 is 1.26 bits per heavy atom. The Morgan fingerprint density at radius 3 is 2.87 bits per heavy atom. The fourth-order valence-electron chi connectivity index (χ4n) is 3.36. The molecule has 0 bridgehead atoms. The normalized spacial score (nSPS) is 19.5. The van der Waals surface area contributed by atoms with Crippen molar-refractivity contribution in [3.05, 3.63) is 41.7 Å². The highest BCUT2D eigenvalue weighted by atomic mass is 16.5. The number of nitrogens with zero attached hydrogens (tertiary/aromatic N) is 3. The van der Waals surface area contributed by atoms with Crippen molar-refractivity contribution in [2.24, 2.45) is 7.05 Å². The van der Waals surface area contributed by atoms with Crippen LogP contribution in [0.15, 0.2) is 30.5 Å². The summed E-state index contributed by atoms with van der Waals surface area (Å²) in [6, 6.07) is 8.09. The molecule has 1 fully saturated rings. The molecule has 1 N–H and O–H groups in total. The van der Waals surface area contributed by atoms with Crippen molar-refractivity contribution in [3.8, 4) is 11.5 Å². The molecule has 2 heterocycles. The number of phenols is 1. The molecule has 1 atom stereocenters. The standard InChI is InChI=1S/C18H25N3O2/c1-20-11-9-15(19-20)16-6-4-3-5-10-21(16)13-14-7-8-17(22)18(12-14)23-2/h7-9,11-12,16,22H,3-6,10,13H2,1-2H3. The van der Waals surface area contributed by atoms with Gasteiger partial charge >= 0.3 is 0 Å². The number of methoxy groups -OCH3 is 1. The maximum Gasteiger partial charge on any atom is 0.160 e. The van der Waals surface area contributed by atoms with Crippen molar-refractivity contribution >= 4 is 0 Å². The zero-order valence-corrected chi connectivity index (χ0v) is 13.9. The van der Waals surface area contributed by atoms with Crippen LogP contribution in [-0.4, -0.2) is 33.4 Å². The minimum absolute atomic E-state index is 0.188. The van der Waals surface area contributed by atoms with E-state index < -0.39 is 0 Å². The van der Waals surface area contributed by atoms with Crippen LogP contribution in [0.3, 0.4) is 0 Å². The number of phenolic OH excluding ortho intramolecular Hbond substituents is 1. The number of aryl methyl sites for hydroxylation is 1. The predicted molar refractivity (Wildman–Crippen MR) is 89.5 cm³/mol.